The molecule has 4 N–H and O–H groups in total. The maximum absolute atomic E-state index is 11.8. The minimum atomic E-state index is -0.287. The predicted octanol–water partition coefficient (Wildman–Crippen LogP) is 0.851. The van der Waals surface area contributed by atoms with Gasteiger partial charge in [0.05, 0.1) is 11.1 Å². The molecule has 0 fully saturated rings. The van der Waals surface area contributed by atoms with Crippen molar-refractivity contribution in [3.05, 3.63) is 29.3 Å². The highest BCUT2D eigenvalue weighted by Crippen LogP contribution is 2.24. The average Bonchev–Trinajstić information content (AvgIpc) is 2.68. The van der Waals surface area contributed by atoms with E-state index in [1.807, 2.05) is 0 Å². The summed E-state index contributed by atoms with van der Waals surface area (Å²) >= 11 is 0. The van der Waals surface area contributed by atoms with Crippen LogP contribution in [-0.2, 0) is 0 Å². The summed E-state index contributed by atoms with van der Waals surface area (Å²) in [6.07, 6.45) is 1.17. The van der Waals surface area contributed by atoms with E-state index in [4.69, 9.17) is 10.9 Å². The molecule has 0 aromatic heterocycles. The number of oxime groups is 1. The van der Waals surface area contributed by atoms with Gasteiger partial charge in [0.1, 0.15) is 5.84 Å². The molecule has 0 spiro atoms. The summed E-state index contributed by atoms with van der Waals surface area (Å²) in [5, 5.41) is 14.4. The molecule has 1 aromatic rings. The van der Waals surface area contributed by atoms with Gasteiger partial charge in [-0.3, -0.25) is 14.5 Å². The van der Waals surface area contributed by atoms with Crippen LogP contribution >= 0.6 is 0 Å². The highest BCUT2D eigenvalue weighted by Gasteiger charge is 2.32. The normalized spacial score (nSPS) is 14.7. The quantitative estimate of drug-likeness (QED) is 0.184. The standard InChI is InChI=1S/C13H16N4O3/c1-17-12(18)9-5-4-8(7-10(9)13(17)19)15-6-2-3-11(14)16-20/h4-5,7,15,20H,2-3,6H2,1H3,(H2,14,16). The molecule has 2 amide bonds. The topological polar surface area (TPSA) is 108 Å². The van der Waals surface area contributed by atoms with Gasteiger partial charge >= 0.3 is 0 Å². The van der Waals surface area contributed by atoms with Crippen LogP contribution in [-0.4, -0.2) is 41.3 Å². The SMILES string of the molecule is CN1C(=O)c2ccc(NCCCC(N)=NO)cc2C1=O. The van der Waals surface area contributed by atoms with Crippen LogP contribution in [0.3, 0.4) is 0 Å². The average molecular weight is 276 g/mol. The Balaban J connectivity index is 1.99. The van der Waals surface area contributed by atoms with Crippen molar-refractivity contribution < 1.29 is 14.8 Å². The van der Waals surface area contributed by atoms with Crippen molar-refractivity contribution in [1.82, 2.24) is 4.90 Å². The third-order valence-electron chi connectivity index (χ3n) is 3.16. The minimum Gasteiger partial charge on any atom is -0.409 e. The fraction of sp³-hybridized carbons (Fsp3) is 0.308. The monoisotopic (exact) mass is 276 g/mol. The summed E-state index contributed by atoms with van der Waals surface area (Å²) < 4.78 is 0. The van der Waals surface area contributed by atoms with Gasteiger partial charge in [-0.25, -0.2) is 0 Å². The van der Waals surface area contributed by atoms with Crippen molar-refractivity contribution in [2.75, 3.05) is 18.9 Å². The smallest absolute Gasteiger partial charge is 0.261 e. The van der Waals surface area contributed by atoms with E-state index in [0.29, 0.717) is 30.5 Å². The fourth-order valence-corrected chi connectivity index (χ4v) is 2.02. The van der Waals surface area contributed by atoms with Gasteiger partial charge in [0.2, 0.25) is 0 Å². The summed E-state index contributed by atoms with van der Waals surface area (Å²) in [5.41, 5.74) is 6.97. The lowest BCUT2D eigenvalue weighted by atomic mass is 10.1. The number of nitrogens with zero attached hydrogens (tertiary/aromatic N) is 2. The van der Waals surface area contributed by atoms with Crippen LogP contribution in [0.15, 0.2) is 23.4 Å². The van der Waals surface area contributed by atoms with Crippen molar-refractivity contribution >= 4 is 23.3 Å². The largest absolute Gasteiger partial charge is 0.409 e. The van der Waals surface area contributed by atoms with E-state index in [1.165, 1.54) is 7.05 Å². The Kier molecular flexibility index (Phi) is 3.88. The Labute approximate surface area is 116 Å². The van der Waals surface area contributed by atoms with E-state index in [2.05, 4.69) is 10.5 Å². The number of rotatable bonds is 5. The maximum atomic E-state index is 11.8. The lowest BCUT2D eigenvalue weighted by Crippen LogP contribution is -2.24. The van der Waals surface area contributed by atoms with E-state index in [9.17, 15) is 9.59 Å². The zero-order valence-corrected chi connectivity index (χ0v) is 11.1. The Morgan fingerprint density at radius 2 is 2.05 bits per heavy atom. The molecule has 1 aliphatic heterocycles. The molecule has 7 nitrogen and oxygen atoms in total. The number of hydrogen-bond acceptors (Lipinski definition) is 5. The summed E-state index contributed by atoms with van der Waals surface area (Å²) in [6.45, 7) is 0.618. The third kappa shape index (κ3) is 2.56. The molecule has 0 saturated heterocycles. The zero-order valence-electron chi connectivity index (χ0n) is 11.1. The van der Waals surface area contributed by atoms with E-state index in [1.54, 1.807) is 18.2 Å². The number of hydrogen-bond donors (Lipinski definition) is 3. The number of amidine groups is 1. The number of imide groups is 1. The van der Waals surface area contributed by atoms with Gasteiger partial charge in [0.25, 0.3) is 11.8 Å². The van der Waals surface area contributed by atoms with Crippen molar-refractivity contribution in [2.45, 2.75) is 12.8 Å². The van der Waals surface area contributed by atoms with Crippen molar-refractivity contribution in [3.8, 4) is 0 Å². The van der Waals surface area contributed by atoms with E-state index in [-0.39, 0.29) is 17.6 Å². The number of benzene rings is 1. The first kappa shape index (κ1) is 13.9. The van der Waals surface area contributed by atoms with Crippen molar-refractivity contribution in [2.24, 2.45) is 10.9 Å². The first-order chi connectivity index (χ1) is 9.54. The molecule has 1 heterocycles. The van der Waals surface area contributed by atoms with Gasteiger partial charge in [-0.15, -0.1) is 0 Å². The third-order valence-corrected chi connectivity index (χ3v) is 3.16. The molecule has 0 aliphatic carbocycles. The van der Waals surface area contributed by atoms with Gasteiger partial charge in [-0.1, -0.05) is 5.16 Å². The molecule has 0 atom stereocenters. The molecule has 2 rings (SSSR count). The number of nitrogens with one attached hydrogen (secondary N) is 1. The highest BCUT2D eigenvalue weighted by atomic mass is 16.4. The molecule has 0 saturated carbocycles. The van der Waals surface area contributed by atoms with Gasteiger partial charge in [-0.05, 0) is 24.6 Å². The van der Waals surface area contributed by atoms with Crippen LogP contribution in [0.1, 0.15) is 33.6 Å². The number of anilines is 1. The van der Waals surface area contributed by atoms with E-state index in [0.717, 1.165) is 10.6 Å². The van der Waals surface area contributed by atoms with Gasteiger partial charge in [0, 0.05) is 25.7 Å². The van der Waals surface area contributed by atoms with Crippen molar-refractivity contribution in [3.63, 3.8) is 0 Å². The molecular formula is C13H16N4O3. The van der Waals surface area contributed by atoms with Crippen LogP contribution in [0.2, 0.25) is 0 Å². The molecule has 1 aliphatic rings. The summed E-state index contributed by atoms with van der Waals surface area (Å²) in [7, 11) is 1.47. The fourth-order valence-electron chi connectivity index (χ4n) is 2.02. The second-order valence-electron chi connectivity index (χ2n) is 4.55. The molecule has 0 radical (unpaired) electrons. The maximum Gasteiger partial charge on any atom is 0.261 e. The number of nitrogens with two attached hydrogens (primary N) is 1. The molecular weight excluding hydrogens is 260 g/mol. The Morgan fingerprint density at radius 3 is 2.75 bits per heavy atom. The van der Waals surface area contributed by atoms with Crippen LogP contribution < -0.4 is 11.1 Å². The second-order valence-corrected chi connectivity index (χ2v) is 4.55. The summed E-state index contributed by atoms with van der Waals surface area (Å²) in [5.74, 6) is -0.378. The minimum absolute atomic E-state index is 0.183. The Morgan fingerprint density at radius 1 is 1.35 bits per heavy atom. The Hall–Kier alpha value is -2.57. The number of carbonyl (C=O) groups excluding carboxylic acids is 2. The lowest BCUT2D eigenvalue weighted by molar-refractivity contribution is 0.0693. The van der Waals surface area contributed by atoms with Crippen LogP contribution in [0, 0.1) is 0 Å². The van der Waals surface area contributed by atoms with Gasteiger partial charge in [-0.2, -0.15) is 0 Å². The van der Waals surface area contributed by atoms with E-state index < -0.39 is 0 Å². The number of carbonyl (C=O) groups is 2. The summed E-state index contributed by atoms with van der Waals surface area (Å²) in [4.78, 5) is 24.7. The Bertz CT molecular complexity index is 583. The highest BCUT2D eigenvalue weighted by molar-refractivity contribution is 6.21. The molecule has 0 unspecified atom stereocenters. The zero-order chi connectivity index (χ0) is 14.7. The van der Waals surface area contributed by atoms with E-state index >= 15 is 0 Å². The predicted molar refractivity (Wildman–Crippen MR) is 74.0 cm³/mol. The first-order valence-electron chi connectivity index (χ1n) is 6.21. The molecule has 7 heteroatoms. The molecule has 0 bridgehead atoms. The second kappa shape index (κ2) is 5.60. The van der Waals surface area contributed by atoms with Crippen molar-refractivity contribution in [1.29, 1.82) is 0 Å². The molecule has 106 valence electrons. The summed E-state index contributed by atoms with van der Waals surface area (Å²) in [6, 6.07) is 5.07. The van der Waals surface area contributed by atoms with Crippen LogP contribution in [0.4, 0.5) is 5.69 Å². The molecule has 1 aromatic carbocycles. The molecule has 20 heavy (non-hydrogen) atoms. The van der Waals surface area contributed by atoms with Crippen LogP contribution in [0.25, 0.3) is 0 Å². The van der Waals surface area contributed by atoms with Crippen LogP contribution in [0.5, 0.6) is 0 Å². The van der Waals surface area contributed by atoms with Gasteiger partial charge in [0.15, 0.2) is 0 Å². The lowest BCUT2D eigenvalue weighted by Gasteiger charge is -2.06. The number of fused-ring (bicyclic) bond motifs is 1. The number of amides is 2. The van der Waals surface area contributed by atoms with Gasteiger partial charge < -0.3 is 16.3 Å². The first-order valence-corrected chi connectivity index (χ1v) is 6.21.